The van der Waals surface area contributed by atoms with Gasteiger partial charge in [0.25, 0.3) is 0 Å². The van der Waals surface area contributed by atoms with Gasteiger partial charge in [-0.05, 0) is 0 Å². The normalized spacial score (nSPS) is 27.2. The molecule has 0 aliphatic carbocycles. The van der Waals surface area contributed by atoms with Crippen LogP contribution in [0.5, 0.6) is 0 Å². The summed E-state index contributed by atoms with van der Waals surface area (Å²) in [6.45, 7) is 0.579. The third-order valence-corrected chi connectivity index (χ3v) is 2.82. The fourth-order valence-electron chi connectivity index (χ4n) is 0.926. The Labute approximate surface area is 64.9 Å². The van der Waals surface area contributed by atoms with Crippen molar-refractivity contribution in [1.29, 1.82) is 0 Å². The molecule has 0 spiro atoms. The summed E-state index contributed by atoms with van der Waals surface area (Å²) in [7, 11) is 1.82. The topological polar surface area (TPSA) is 46.3 Å². The van der Waals surface area contributed by atoms with Gasteiger partial charge in [0.1, 0.15) is 0 Å². The van der Waals surface area contributed by atoms with E-state index in [1.54, 1.807) is 16.7 Å². The van der Waals surface area contributed by atoms with E-state index in [2.05, 4.69) is 0 Å². The van der Waals surface area contributed by atoms with Crippen molar-refractivity contribution in [3.63, 3.8) is 0 Å². The van der Waals surface area contributed by atoms with Crippen LogP contribution < -0.4 is 5.73 Å². The number of thioether (sulfide) groups is 1. The molecule has 0 aromatic rings. The van der Waals surface area contributed by atoms with Gasteiger partial charge in [-0.2, -0.15) is 0 Å². The molecule has 0 aromatic carbocycles. The predicted octanol–water partition coefficient (Wildman–Crippen LogP) is -0.481. The smallest absolute Gasteiger partial charge is 0.232 e. The van der Waals surface area contributed by atoms with E-state index in [1.165, 1.54) is 0 Å². The van der Waals surface area contributed by atoms with Crippen molar-refractivity contribution in [2.75, 3.05) is 25.1 Å². The Bertz CT molecular complexity index is 140. The first-order valence-corrected chi connectivity index (χ1v) is 4.44. The molecule has 0 saturated carbocycles. The van der Waals surface area contributed by atoms with Crippen molar-refractivity contribution >= 4 is 17.7 Å². The van der Waals surface area contributed by atoms with Crippen LogP contribution in [-0.4, -0.2) is 41.9 Å². The average Bonchev–Trinajstić information content (AvgIpc) is 1.95. The van der Waals surface area contributed by atoms with E-state index in [0.717, 1.165) is 5.75 Å². The monoisotopic (exact) mass is 160 g/mol. The summed E-state index contributed by atoms with van der Waals surface area (Å²) in [5.74, 6) is 1.80. The number of rotatable bonds is 1. The molecule has 58 valence electrons. The summed E-state index contributed by atoms with van der Waals surface area (Å²) in [5, 5.41) is 0. The van der Waals surface area contributed by atoms with E-state index >= 15 is 0 Å². The largest absolute Gasteiger partial charge is 0.340 e. The van der Waals surface area contributed by atoms with Gasteiger partial charge in [0.2, 0.25) is 5.91 Å². The molecule has 3 nitrogen and oxygen atoms in total. The standard InChI is InChI=1S/C6H12N2OS/c1-8-5(2-7)3-10-4-6(8)9/h5H,2-4,7H2,1H3. The second-order valence-corrected chi connectivity index (χ2v) is 3.44. The lowest BCUT2D eigenvalue weighted by atomic mass is 10.3. The van der Waals surface area contributed by atoms with E-state index < -0.39 is 0 Å². The Morgan fingerprint density at radius 3 is 3.10 bits per heavy atom. The molecule has 1 aliphatic rings. The van der Waals surface area contributed by atoms with Gasteiger partial charge in [0, 0.05) is 19.3 Å². The minimum absolute atomic E-state index is 0.201. The lowest BCUT2D eigenvalue weighted by Crippen LogP contribution is -2.47. The summed E-state index contributed by atoms with van der Waals surface area (Å²) in [5.41, 5.74) is 5.45. The second kappa shape index (κ2) is 3.25. The molecule has 1 fully saturated rings. The van der Waals surface area contributed by atoms with Crippen LogP contribution in [0.1, 0.15) is 0 Å². The minimum atomic E-state index is 0.201. The lowest BCUT2D eigenvalue weighted by Gasteiger charge is -2.30. The molecule has 0 radical (unpaired) electrons. The van der Waals surface area contributed by atoms with Gasteiger partial charge >= 0.3 is 0 Å². The first kappa shape index (κ1) is 7.88. The summed E-state index contributed by atoms with van der Waals surface area (Å²) in [4.78, 5) is 12.8. The number of amides is 1. The van der Waals surface area contributed by atoms with E-state index in [9.17, 15) is 4.79 Å². The van der Waals surface area contributed by atoms with Crippen molar-refractivity contribution in [3.05, 3.63) is 0 Å². The van der Waals surface area contributed by atoms with Gasteiger partial charge in [-0.15, -0.1) is 11.8 Å². The van der Waals surface area contributed by atoms with E-state index in [4.69, 9.17) is 5.73 Å². The molecule has 1 heterocycles. The Balaban J connectivity index is 2.51. The molecule has 1 amide bonds. The molecule has 0 aromatic heterocycles. The molecular formula is C6H12N2OS. The SMILES string of the molecule is CN1C(=O)CSCC1CN. The summed E-state index contributed by atoms with van der Waals surface area (Å²) in [6, 6.07) is 0.256. The summed E-state index contributed by atoms with van der Waals surface area (Å²) >= 11 is 1.67. The third kappa shape index (κ3) is 1.44. The van der Waals surface area contributed by atoms with Crippen molar-refractivity contribution in [2.24, 2.45) is 5.73 Å². The highest BCUT2D eigenvalue weighted by Crippen LogP contribution is 2.14. The van der Waals surface area contributed by atoms with Crippen LogP contribution in [0.15, 0.2) is 0 Å². The molecule has 1 saturated heterocycles. The highest BCUT2D eigenvalue weighted by atomic mass is 32.2. The van der Waals surface area contributed by atoms with Gasteiger partial charge in [-0.25, -0.2) is 0 Å². The number of hydrogen-bond donors (Lipinski definition) is 1. The fourth-order valence-corrected chi connectivity index (χ4v) is 2.05. The van der Waals surface area contributed by atoms with Crippen LogP contribution in [0.4, 0.5) is 0 Å². The number of hydrogen-bond acceptors (Lipinski definition) is 3. The number of nitrogens with zero attached hydrogens (tertiary/aromatic N) is 1. The Kier molecular flexibility index (Phi) is 2.56. The molecule has 10 heavy (non-hydrogen) atoms. The maximum atomic E-state index is 11.0. The first-order valence-electron chi connectivity index (χ1n) is 3.29. The van der Waals surface area contributed by atoms with Crippen LogP contribution in [0, 0.1) is 0 Å². The Morgan fingerprint density at radius 2 is 2.60 bits per heavy atom. The van der Waals surface area contributed by atoms with Gasteiger partial charge in [0.05, 0.1) is 11.8 Å². The van der Waals surface area contributed by atoms with E-state index in [0.29, 0.717) is 12.3 Å². The third-order valence-electron chi connectivity index (χ3n) is 1.75. The molecule has 1 aliphatic heterocycles. The van der Waals surface area contributed by atoms with Crippen LogP contribution in [0.3, 0.4) is 0 Å². The van der Waals surface area contributed by atoms with Gasteiger partial charge in [-0.3, -0.25) is 4.79 Å². The number of nitrogens with two attached hydrogens (primary N) is 1. The molecule has 0 bridgehead atoms. The second-order valence-electron chi connectivity index (χ2n) is 2.41. The maximum Gasteiger partial charge on any atom is 0.232 e. The quantitative estimate of drug-likeness (QED) is 0.563. The van der Waals surface area contributed by atoms with Gasteiger partial charge < -0.3 is 10.6 Å². The fraction of sp³-hybridized carbons (Fsp3) is 0.833. The number of carbonyl (C=O) groups is 1. The molecular weight excluding hydrogens is 148 g/mol. The summed E-state index contributed by atoms with van der Waals surface area (Å²) < 4.78 is 0. The van der Waals surface area contributed by atoms with Crippen LogP contribution in [0.25, 0.3) is 0 Å². The number of likely N-dealkylation sites (N-methyl/N-ethyl adjacent to an activating group) is 1. The predicted molar refractivity (Wildman–Crippen MR) is 42.9 cm³/mol. The lowest BCUT2D eigenvalue weighted by molar-refractivity contribution is -0.129. The van der Waals surface area contributed by atoms with Crippen molar-refractivity contribution in [1.82, 2.24) is 4.90 Å². The maximum absolute atomic E-state index is 11.0. The highest BCUT2D eigenvalue weighted by Gasteiger charge is 2.23. The average molecular weight is 160 g/mol. The van der Waals surface area contributed by atoms with Crippen LogP contribution in [0.2, 0.25) is 0 Å². The van der Waals surface area contributed by atoms with Gasteiger partial charge in [0.15, 0.2) is 0 Å². The van der Waals surface area contributed by atoms with E-state index in [-0.39, 0.29) is 11.9 Å². The van der Waals surface area contributed by atoms with Gasteiger partial charge in [-0.1, -0.05) is 0 Å². The highest BCUT2D eigenvalue weighted by molar-refractivity contribution is 8.00. The van der Waals surface area contributed by atoms with Crippen LogP contribution in [-0.2, 0) is 4.79 Å². The minimum Gasteiger partial charge on any atom is -0.340 e. The zero-order valence-corrected chi connectivity index (χ0v) is 6.86. The zero-order chi connectivity index (χ0) is 7.56. The van der Waals surface area contributed by atoms with Crippen LogP contribution >= 0.6 is 11.8 Å². The number of carbonyl (C=O) groups excluding carboxylic acids is 1. The molecule has 1 atom stereocenters. The van der Waals surface area contributed by atoms with E-state index in [1.807, 2.05) is 7.05 Å². The first-order chi connectivity index (χ1) is 4.75. The van der Waals surface area contributed by atoms with Crippen molar-refractivity contribution in [3.8, 4) is 0 Å². The molecule has 1 unspecified atom stereocenters. The Morgan fingerprint density at radius 1 is 1.90 bits per heavy atom. The molecule has 1 rings (SSSR count). The Hall–Kier alpha value is -0.220. The zero-order valence-electron chi connectivity index (χ0n) is 6.04. The molecule has 4 heteroatoms. The summed E-state index contributed by atoms with van der Waals surface area (Å²) in [6.07, 6.45) is 0. The van der Waals surface area contributed by atoms with Crippen molar-refractivity contribution < 1.29 is 4.79 Å². The van der Waals surface area contributed by atoms with Crippen molar-refractivity contribution in [2.45, 2.75) is 6.04 Å². The molecule has 2 N–H and O–H groups in total.